The Morgan fingerprint density at radius 1 is 1.35 bits per heavy atom. The largest absolute Gasteiger partial charge is 0.245 e. The molecule has 0 bridgehead atoms. The minimum absolute atomic E-state index is 0.322. The summed E-state index contributed by atoms with van der Waals surface area (Å²) in [4.78, 5) is 3.98. The highest BCUT2D eigenvalue weighted by Gasteiger charge is 2.06. The lowest BCUT2D eigenvalue weighted by Gasteiger charge is -2.05. The number of hydrogen-bond acceptors (Lipinski definition) is 2. The Bertz CT molecular complexity index is 531. The molecule has 88 valence electrons. The number of aromatic nitrogens is 1. The summed E-state index contributed by atoms with van der Waals surface area (Å²) in [5, 5.41) is 0.709. The maximum atomic E-state index is 13.5. The van der Waals surface area contributed by atoms with Crippen LogP contribution in [-0.4, -0.2) is 4.98 Å². The normalized spacial score (nSPS) is 10.5. The summed E-state index contributed by atoms with van der Waals surface area (Å²) >= 11 is 7.03. The van der Waals surface area contributed by atoms with Crippen molar-refractivity contribution in [2.75, 3.05) is 0 Å². The van der Waals surface area contributed by atoms with Crippen LogP contribution in [0.3, 0.4) is 0 Å². The minimum atomic E-state index is -0.365. The second-order valence-electron chi connectivity index (χ2n) is 3.66. The van der Waals surface area contributed by atoms with Gasteiger partial charge in [0, 0.05) is 11.9 Å². The molecule has 0 aliphatic heterocycles. The number of nitrogens with zero attached hydrogens (tertiary/aromatic N) is 1. The summed E-state index contributed by atoms with van der Waals surface area (Å²) in [6, 6.07) is 9.34. The van der Waals surface area contributed by atoms with Crippen LogP contribution in [0.2, 0.25) is 5.02 Å². The SMILES string of the molecule is Cc1ccccc1CSc1ncc(Cl)cc1F. The van der Waals surface area contributed by atoms with Crippen LogP contribution in [0.25, 0.3) is 0 Å². The van der Waals surface area contributed by atoms with E-state index in [2.05, 4.69) is 4.98 Å². The third kappa shape index (κ3) is 3.20. The van der Waals surface area contributed by atoms with Gasteiger partial charge in [-0.1, -0.05) is 47.6 Å². The molecule has 1 aromatic heterocycles. The number of pyridine rings is 1. The maximum Gasteiger partial charge on any atom is 0.156 e. The topological polar surface area (TPSA) is 12.9 Å². The number of halogens is 2. The van der Waals surface area contributed by atoms with Gasteiger partial charge in [0.1, 0.15) is 5.03 Å². The van der Waals surface area contributed by atoms with E-state index in [1.807, 2.05) is 31.2 Å². The Morgan fingerprint density at radius 2 is 2.12 bits per heavy atom. The van der Waals surface area contributed by atoms with E-state index < -0.39 is 0 Å². The van der Waals surface area contributed by atoms with Gasteiger partial charge < -0.3 is 0 Å². The summed E-state index contributed by atoms with van der Waals surface area (Å²) in [5.74, 6) is 0.342. The average Bonchev–Trinajstić information content (AvgIpc) is 2.30. The van der Waals surface area contributed by atoms with Gasteiger partial charge in [0.05, 0.1) is 5.02 Å². The zero-order chi connectivity index (χ0) is 12.3. The number of benzene rings is 1. The molecule has 0 N–H and O–H groups in total. The van der Waals surface area contributed by atoms with E-state index >= 15 is 0 Å². The first-order valence-corrected chi connectivity index (χ1v) is 6.51. The van der Waals surface area contributed by atoms with Crippen LogP contribution in [0.1, 0.15) is 11.1 Å². The molecule has 0 atom stereocenters. The first-order chi connectivity index (χ1) is 8.16. The molecule has 0 saturated carbocycles. The van der Waals surface area contributed by atoms with Crippen molar-refractivity contribution in [3.8, 4) is 0 Å². The molecule has 0 fully saturated rings. The molecule has 0 saturated heterocycles. The molecule has 0 aliphatic carbocycles. The van der Waals surface area contributed by atoms with Crippen LogP contribution < -0.4 is 0 Å². The van der Waals surface area contributed by atoms with E-state index in [4.69, 9.17) is 11.6 Å². The Morgan fingerprint density at radius 3 is 2.82 bits per heavy atom. The Balaban J connectivity index is 2.10. The van der Waals surface area contributed by atoms with Crippen molar-refractivity contribution in [1.29, 1.82) is 0 Å². The molecule has 1 heterocycles. The fourth-order valence-electron chi connectivity index (χ4n) is 1.43. The fraction of sp³-hybridized carbons (Fsp3) is 0.154. The first kappa shape index (κ1) is 12.4. The van der Waals surface area contributed by atoms with Gasteiger partial charge >= 0.3 is 0 Å². The summed E-state index contributed by atoms with van der Waals surface area (Å²) in [6.45, 7) is 2.04. The van der Waals surface area contributed by atoms with Crippen molar-refractivity contribution in [2.45, 2.75) is 17.7 Å². The van der Waals surface area contributed by atoms with Crippen molar-refractivity contribution in [1.82, 2.24) is 4.98 Å². The van der Waals surface area contributed by atoms with Crippen LogP contribution in [0, 0.1) is 12.7 Å². The summed E-state index contributed by atoms with van der Waals surface area (Å²) in [7, 11) is 0. The quantitative estimate of drug-likeness (QED) is 0.761. The molecule has 2 aromatic rings. The van der Waals surface area contributed by atoms with Crippen molar-refractivity contribution in [3.63, 3.8) is 0 Å². The van der Waals surface area contributed by atoms with Gasteiger partial charge in [0.25, 0.3) is 0 Å². The zero-order valence-corrected chi connectivity index (χ0v) is 10.9. The highest BCUT2D eigenvalue weighted by molar-refractivity contribution is 7.98. The lowest BCUT2D eigenvalue weighted by molar-refractivity contribution is 0.588. The van der Waals surface area contributed by atoms with Gasteiger partial charge in [-0.05, 0) is 24.1 Å². The molecule has 0 unspecified atom stereocenters. The molecule has 0 spiro atoms. The predicted molar refractivity (Wildman–Crippen MR) is 69.9 cm³/mol. The lowest BCUT2D eigenvalue weighted by atomic mass is 10.1. The molecule has 0 amide bonds. The predicted octanol–water partition coefficient (Wildman–Crippen LogP) is 4.47. The standard InChI is InChI=1S/C13H11ClFNS/c1-9-4-2-3-5-10(9)8-17-13-12(15)6-11(14)7-16-13/h2-7H,8H2,1H3. The smallest absolute Gasteiger partial charge is 0.156 e. The zero-order valence-electron chi connectivity index (χ0n) is 9.28. The molecule has 0 radical (unpaired) electrons. The van der Waals surface area contributed by atoms with E-state index in [9.17, 15) is 4.39 Å². The van der Waals surface area contributed by atoms with Crippen molar-refractivity contribution in [2.24, 2.45) is 0 Å². The second-order valence-corrected chi connectivity index (χ2v) is 5.06. The van der Waals surface area contributed by atoms with Gasteiger partial charge in [-0.3, -0.25) is 0 Å². The first-order valence-electron chi connectivity index (χ1n) is 5.15. The Hall–Kier alpha value is -1.06. The fourth-order valence-corrected chi connectivity index (χ4v) is 2.51. The summed E-state index contributed by atoms with van der Waals surface area (Å²) < 4.78 is 13.5. The minimum Gasteiger partial charge on any atom is -0.245 e. The second kappa shape index (κ2) is 5.52. The summed E-state index contributed by atoms with van der Waals surface area (Å²) in [6.07, 6.45) is 1.46. The summed E-state index contributed by atoms with van der Waals surface area (Å²) in [5.41, 5.74) is 2.39. The molecule has 17 heavy (non-hydrogen) atoms. The molecule has 1 nitrogen and oxygen atoms in total. The van der Waals surface area contributed by atoms with Gasteiger partial charge in [-0.25, -0.2) is 9.37 Å². The molecular formula is C13H11ClFNS. The number of thioether (sulfide) groups is 1. The number of rotatable bonds is 3. The molecule has 0 aliphatic rings. The highest BCUT2D eigenvalue weighted by Crippen LogP contribution is 2.26. The lowest BCUT2D eigenvalue weighted by Crippen LogP contribution is -1.89. The van der Waals surface area contributed by atoms with Crippen LogP contribution in [0.4, 0.5) is 4.39 Å². The van der Waals surface area contributed by atoms with Crippen LogP contribution in [0.5, 0.6) is 0 Å². The van der Waals surface area contributed by atoms with E-state index in [0.717, 1.165) is 0 Å². The number of hydrogen-bond donors (Lipinski definition) is 0. The van der Waals surface area contributed by atoms with Crippen LogP contribution >= 0.6 is 23.4 Å². The van der Waals surface area contributed by atoms with Gasteiger partial charge in [0.2, 0.25) is 0 Å². The van der Waals surface area contributed by atoms with E-state index in [-0.39, 0.29) is 5.82 Å². The molecule has 2 rings (SSSR count). The highest BCUT2D eigenvalue weighted by atomic mass is 35.5. The van der Waals surface area contributed by atoms with Gasteiger partial charge in [-0.15, -0.1) is 0 Å². The van der Waals surface area contributed by atoms with Gasteiger partial charge in [0.15, 0.2) is 5.82 Å². The van der Waals surface area contributed by atoms with E-state index in [1.165, 1.54) is 35.2 Å². The van der Waals surface area contributed by atoms with Crippen LogP contribution in [-0.2, 0) is 5.75 Å². The van der Waals surface area contributed by atoms with Crippen molar-refractivity contribution >= 4 is 23.4 Å². The number of aryl methyl sites for hydroxylation is 1. The van der Waals surface area contributed by atoms with Gasteiger partial charge in [-0.2, -0.15) is 0 Å². The van der Waals surface area contributed by atoms with E-state index in [1.54, 1.807) is 0 Å². The van der Waals surface area contributed by atoms with Crippen molar-refractivity contribution < 1.29 is 4.39 Å². The maximum absolute atomic E-state index is 13.5. The van der Waals surface area contributed by atoms with Crippen molar-refractivity contribution in [3.05, 3.63) is 58.5 Å². The Labute approximate surface area is 109 Å². The average molecular weight is 268 g/mol. The molecule has 1 aromatic carbocycles. The molecular weight excluding hydrogens is 257 g/mol. The Kier molecular flexibility index (Phi) is 4.02. The third-order valence-corrected chi connectivity index (χ3v) is 3.64. The van der Waals surface area contributed by atoms with E-state index in [0.29, 0.717) is 15.8 Å². The molecule has 4 heteroatoms. The van der Waals surface area contributed by atoms with Crippen LogP contribution in [0.15, 0.2) is 41.6 Å². The monoisotopic (exact) mass is 267 g/mol. The third-order valence-electron chi connectivity index (χ3n) is 2.40.